The van der Waals surface area contributed by atoms with E-state index >= 15 is 0 Å². The van der Waals surface area contributed by atoms with Crippen LogP contribution in [0.15, 0.2) is 23.2 Å². The van der Waals surface area contributed by atoms with Gasteiger partial charge in [-0.25, -0.2) is 13.4 Å². The lowest BCUT2D eigenvalue weighted by atomic mass is 10.4. The molecule has 0 amide bonds. The van der Waals surface area contributed by atoms with Gasteiger partial charge in [-0.3, -0.25) is 0 Å². The summed E-state index contributed by atoms with van der Waals surface area (Å²) in [6.45, 7) is 2.36. The van der Waals surface area contributed by atoms with Crippen molar-refractivity contribution in [1.29, 1.82) is 0 Å². The van der Waals surface area contributed by atoms with Gasteiger partial charge < -0.3 is 10.1 Å². The predicted octanol–water partition coefficient (Wildman–Crippen LogP) is -0.316. The number of methoxy groups -OCH3 is 1. The standard InChI is InChI=1S/C10H15N3O3S/c1-16-10-3-2-9(8-12-10)17(14,15)13-6-4-11-5-7-13/h2-3,8,11H,4-7H2,1H3. The van der Waals surface area contributed by atoms with Crippen LogP contribution in [0.4, 0.5) is 0 Å². The molecule has 1 N–H and O–H groups in total. The number of piperazine rings is 1. The topological polar surface area (TPSA) is 71.5 Å². The molecule has 2 heterocycles. The number of nitrogens with zero attached hydrogens (tertiary/aromatic N) is 2. The number of aromatic nitrogens is 1. The monoisotopic (exact) mass is 257 g/mol. The molecule has 1 aromatic rings. The maximum absolute atomic E-state index is 12.2. The third kappa shape index (κ3) is 2.56. The number of sulfonamides is 1. The Morgan fingerprint density at radius 2 is 2.06 bits per heavy atom. The molecule has 1 fully saturated rings. The Balaban J connectivity index is 2.23. The molecule has 94 valence electrons. The van der Waals surface area contributed by atoms with E-state index in [-0.39, 0.29) is 4.90 Å². The van der Waals surface area contributed by atoms with Gasteiger partial charge in [0.1, 0.15) is 4.90 Å². The molecule has 7 heteroatoms. The highest BCUT2D eigenvalue weighted by Gasteiger charge is 2.25. The van der Waals surface area contributed by atoms with Gasteiger partial charge in [0.15, 0.2) is 0 Å². The summed E-state index contributed by atoms with van der Waals surface area (Å²) in [5.74, 6) is 0.407. The second-order valence-corrected chi connectivity index (χ2v) is 5.63. The van der Waals surface area contributed by atoms with Crippen molar-refractivity contribution in [2.24, 2.45) is 0 Å². The third-order valence-corrected chi connectivity index (χ3v) is 4.51. The zero-order valence-electron chi connectivity index (χ0n) is 9.59. The molecule has 17 heavy (non-hydrogen) atoms. The number of hydrogen-bond donors (Lipinski definition) is 1. The van der Waals surface area contributed by atoms with E-state index in [1.54, 1.807) is 6.07 Å². The molecular formula is C10H15N3O3S. The maximum atomic E-state index is 12.2. The van der Waals surface area contributed by atoms with Gasteiger partial charge in [-0.15, -0.1) is 0 Å². The van der Waals surface area contributed by atoms with E-state index in [9.17, 15) is 8.42 Å². The van der Waals surface area contributed by atoms with Crippen LogP contribution < -0.4 is 10.1 Å². The summed E-state index contributed by atoms with van der Waals surface area (Å²) in [6.07, 6.45) is 1.33. The van der Waals surface area contributed by atoms with Crippen LogP contribution in [-0.2, 0) is 10.0 Å². The van der Waals surface area contributed by atoms with Crippen LogP contribution in [0.25, 0.3) is 0 Å². The Morgan fingerprint density at radius 1 is 1.35 bits per heavy atom. The summed E-state index contributed by atoms with van der Waals surface area (Å²) in [7, 11) is -1.92. The van der Waals surface area contributed by atoms with E-state index in [0.29, 0.717) is 32.1 Å². The molecule has 0 aromatic carbocycles. The highest BCUT2D eigenvalue weighted by molar-refractivity contribution is 7.89. The Bertz CT molecular complexity index is 466. The Morgan fingerprint density at radius 3 is 2.59 bits per heavy atom. The molecule has 0 radical (unpaired) electrons. The van der Waals surface area contributed by atoms with Crippen LogP contribution in [0, 0.1) is 0 Å². The predicted molar refractivity (Wildman–Crippen MR) is 62.4 cm³/mol. The summed E-state index contributed by atoms with van der Waals surface area (Å²) in [5, 5.41) is 3.11. The van der Waals surface area contributed by atoms with Gasteiger partial charge in [-0.2, -0.15) is 4.31 Å². The zero-order valence-corrected chi connectivity index (χ0v) is 10.4. The van der Waals surface area contributed by atoms with Crippen molar-refractivity contribution in [1.82, 2.24) is 14.6 Å². The Kier molecular flexibility index (Phi) is 3.60. The van der Waals surface area contributed by atoms with Crippen molar-refractivity contribution in [3.8, 4) is 5.88 Å². The molecule has 0 unspecified atom stereocenters. The molecule has 0 spiro atoms. The van der Waals surface area contributed by atoms with Gasteiger partial charge in [0.25, 0.3) is 0 Å². The summed E-state index contributed by atoms with van der Waals surface area (Å²) < 4.78 is 30.8. The minimum absolute atomic E-state index is 0.209. The zero-order chi connectivity index (χ0) is 12.3. The van der Waals surface area contributed by atoms with Gasteiger partial charge in [-0.1, -0.05) is 0 Å². The fourth-order valence-corrected chi connectivity index (χ4v) is 3.06. The first-order valence-corrected chi connectivity index (χ1v) is 6.79. The average molecular weight is 257 g/mol. The van der Waals surface area contributed by atoms with Gasteiger partial charge in [0.2, 0.25) is 15.9 Å². The number of pyridine rings is 1. The van der Waals surface area contributed by atoms with E-state index in [4.69, 9.17) is 4.74 Å². The van der Waals surface area contributed by atoms with Crippen molar-refractivity contribution in [3.63, 3.8) is 0 Å². The van der Waals surface area contributed by atoms with Gasteiger partial charge in [0.05, 0.1) is 13.3 Å². The van der Waals surface area contributed by atoms with Crippen LogP contribution in [0.1, 0.15) is 0 Å². The van der Waals surface area contributed by atoms with E-state index in [1.807, 2.05) is 0 Å². The first-order chi connectivity index (χ1) is 8.14. The average Bonchev–Trinajstić information content (AvgIpc) is 2.40. The molecule has 1 aliphatic rings. The summed E-state index contributed by atoms with van der Waals surface area (Å²) >= 11 is 0. The molecule has 1 aliphatic heterocycles. The summed E-state index contributed by atoms with van der Waals surface area (Å²) in [4.78, 5) is 4.12. The van der Waals surface area contributed by atoms with Crippen molar-refractivity contribution in [2.75, 3.05) is 33.3 Å². The van der Waals surface area contributed by atoms with E-state index in [0.717, 1.165) is 0 Å². The first kappa shape index (κ1) is 12.3. The highest BCUT2D eigenvalue weighted by Crippen LogP contribution is 2.17. The number of nitrogens with one attached hydrogen (secondary N) is 1. The second-order valence-electron chi connectivity index (χ2n) is 3.69. The van der Waals surface area contributed by atoms with Gasteiger partial charge in [0, 0.05) is 32.2 Å². The van der Waals surface area contributed by atoms with Crippen LogP contribution in [0.3, 0.4) is 0 Å². The number of ether oxygens (including phenoxy) is 1. The molecule has 0 aliphatic carbocycles. The molecule has 0 atom stereocenters. The van der Waals surface area contributed by atoms with E-state index in [1.165, 1.54) is 23.7 Å². The fraction of sp³-hybridized carbons (Fsp3) is 0.500. The summed E-state index contributed by atoms with van der Waals surface area (Å²) in [6, 6.07) is 3.07. The smallest absolute Gasteiger partial charge is 0.244 e. The molecule has 6 nitrogen and oxygen atoms in total. The Labute approximate surface area is 101 Å². The molecule has 2 rings (SSSR count). The van der Waals surface area contributed by atoms with E-state index < -0.39 is 10.0 Å². The number of hydrogen-bond acceptors (Lipinski definition) is 5. The minimum Gasteiger partial charge on any atom is -0.481 e. The first-order valence-electron chi connectivity index (χ1n) is 5.35. The lowest BCUT2D eigenvalue weighted by Crippen LogP contribution is -2.46. The van der Waals surface area contributed by atoms with Crippen LogP contribution in [-0.4, -0.2) is 51.0 Å². The molecule has 0 bridgehead atoms. The lowest BCUT2D eigenvalue weighted by Gasteiger charge is -2.26. The normalized spacial score (nSPS) is 17.9. The SMILES string of the molecule is COc1ccc(S(=O)(=O)N2CCNCC2)cn1. The largest absolute Gasteiger partial charge is 0.481 e. The van der Waals surface area contributed by atoms with Crippen LogP contribution >= 0.6 is 0 Å². The molecular weight excluding hydrogens is 242 g/mol. The Hall–Kier alpha value is -1.18. The van der Waals surface area contributed by atoms with Crippen LogP contribution in [0.5, 0.6) is 5.88 Å². The summed E-state index contributed by atoms with van der Waals surface area (Å²) in [5.41, 5.74) is 0. The van der Waals surface area contributed by atoms with Crippen molar-refractivity contribution < 1.29 is 13.2 Å². The fourth-order valence-electron chi connectivity index (χ4n) is 1.67. The second kappa shape index (κ2) is 4.99. The molecule has 1 aromatic heterocycles. The van der Waals surface area contributed by atoms with Crippen molar-refractivity contribution in [2.45, 2.75) is 4.90 Å². The number of rotatable bonds is 3. The van der Waals surface area contributed by atoms with E-state index in [2.05, 4.69) is 10.3 Å². The minimum atomic E-state index is -3.41. The van der Waals surface area contributed by atoms with Crippen LogP contribution in [0.2, 0.25) is 0 Å². The molecule has 0 saturated carbocycles. The lowest BCUT2D eigenvalue weighted by molar-refractivity contribution is 0.359. The van der Waals surface area contributed by atoms with Gasteiger partial charge in [-0.05, 0) is 6.07 Å². The highest BCUT2D eigenvalue weighted by atomic mass is 32.2. The third-order valence-electron chi connectivity index (χ3n) is 2.63. The van der Waals surface area contributed by atoms with Crippen molar-refractivity contribution in [3.05, 3.63) is 18.3 Å². The van der Waals surface area contributed by atoms with Crippen molar-refractivity contribution >= 4 is 10.0 Å². The molecule has 1 saturated heterocycles. The quantitative estimate of drug-likeness (QED) is 0.804. The maximum Gasteiger partial charge on any atom is 0.244 e. The van der Waals surface area contributed by atoms with Gasteiger partial charge >= 0.3 is 0 Å².